The number of fused-ring (bicyclic) bond motifs is 1. The molecule has 0 radical (unpaired) electrons. The highest BCUT2D eigenvalue weighted by Crippen LogP contribution is 2.27. The minimum Gasteiger partial charge on any atom is -0.497 e. The molecule has 3 rings (SSSR count). The van der Waals surface area contributed by atoms with E-state index in [0.717, 1.165) is 41.6 Å². The quantitative estimate of drug-likeness (QED) is 0.683. The average molecular weight is 338 g/mol. The Morgan fingerprint density at radius 2 is 2.04 bits per heavy atom. The fourth-order valence-electron chi connectivity index (χ4n) is 3.52. The standard InChI is InChI=1S/C20H26N4O/c1-6-19(16-8-7-9-18(11-16)25-5)23(4)13-17-12-21-20-22-14(2)10-15(3)24(17)20/h7-12,19H,6,13H2,1-5H3. The van der Waals surface area contributed by atoms with Crippen molar-refractivity contribution in [2.75, 3.05) is 14.2 Å². The summed E-state index contributed by atoms with van der Waals surface area (Å²) >= 11 is 0. The normalized spacial score (nSPS) is 12.7. The lowest BCUT2D eigenvalue weighted by atomic mass is 10.0. The summed E-state index contributed by atoms with van der Waals surface area (Å²) in [6, 6.07) is 10.7. The van der Waals surface area contributed by atoms with Gasteiger partial charge in [-0.2, -0.15) is 0 Å². The zero-order valence-corrected chi connectivity index (χ0v) is 15.7. The van der Waals surface area contributed by atoms with Gasteiger partial charge in [-0.25, -0.2) is 9.97 Å². The van der Waals surface area contributed by atoms with Crippen LogP contribution in [0.2, 0.25) is 0 Å². The second-order valence-corrected chi connectivity index (χ2v) is 6.54. The van der Waals surface area contributed by atoms with E-state index in [1.165, 1.54) is 5.56 Å². The SMILES string of the molecule is CCC(c1cccc(OC)c1)N(C)Cc1cnc2nc(C)cc(C)n12. The number of hydrogen-bond acceptors (Lipinski definition) is 4. The number of rotatable bonds is 6. The molecule has 0 aliphatic carbocycles. The number of hydrogen-bond donors (Lipinski definition) is 0. The maximum absolute atomic E-state index is 5.38. The van der Waals surface area contributed by atoms with Gasteiger partial charge in [0.05, 0.1) is 19.0 Å². The highest BCUT2D eigenvalue weighted by molar-refractivity contribution is 5.36. The van der Waals surface area contributed by atoms with E-state index in [-0.39, 0.29) is 0 Å². The Morgan fingerprint density at radius 1 is 1.24 bits per heavy atom. The van der Waals surface area contributed by atoms with Gasteiger partial charge in [-0.15, -0.1) is 0 Å². The van der Waals surface area contributed by atoms with Crippen molar-refractivity contribution < 1.29 is 4.74 Å². The molecule has 0 aliphatic rings. The summed E-state index contributed by atoms with van der Waals surface area (Å²) < 4.78 is 7.52. The van der Waals surface area contributed by atoms with E-state index >= 15 is 0 Å². The van der Waals surface area contributed by atoms with Crippen molar-refractivity contribution in [3.8, 4) is 5.75 Å². The summed E-state index contributed by atoms with van der Waals surface area (Å²) in [6.07, 6.45) is 2.96. The van der Waals surface area contributed by atoms with E-state index < -0.39 is 0 Å². The number of methoxy groups -OCH3 is 1. The van der Waals surface area contributed by atoms with E-state index in [1.807, 2.05) is 19.2 Å². The van der Waals surface area contributed by atoms with Crippen LogP contribution >= 0.6 is 0 Å². The van der Waals surface area contributed by atoms with Crippen LogP contribution < -0.4 is 4.74 Å². The summed E-state index contributed by atoms with van der Waals surface area (Å²) in [5.74, 6) is 1.67. The van der Waals surface area contributed by atoms with Crippen LogP contribution in [0.25, 0.3) is 5.78 Å². The lowest BCUT2D eigenvalue weighted by molar-refractivity contribution is 0.226. The number of aromatic nitrogens is 3. The Kier molecular flexibility index (Phi) is 5.04. The van der Waals surface area contributed by atoms with Crippen LogP contribution in [0.15, 0.2) is 36.5 Å². The van der Waals surface area contributed by atoms with E-state index in [4.69, 9.17) is 4.74 Å². The summed E-state index contributed by atoms with van der Waals surface area (Å²) in [4.78, 5) is 11.4. The van der Waals surface area contributed by atoms with Crippen LogP contribution in [0.4, 0.5) is 0 Å². The highest BCUT2D eigenvalue weighted by Gasteiger charge is 2.18. The van der Waals surface area contributed by atoms with Gasteiger partial charge in [-0.3, -0.25) is 9.30 Å². The third-order valence-electron chi connectivity index (χ3n) is 4.67. The first-order valence-electron chi connectivity index (χ1n) is 8.68. The number of ether oxygens (including phenoxy) is 1. The van der Waals surface area contributed by atoms with E-state index in [0.29, 0.717) is 6.04 Å². The molecule has 5 heteroatoms. The predicted molar refractivity (Wildman–Crippen MR) is 100.0 cm³/mol. The number of imidazole rings is 1. The first-order chi connectivity index (χ1) is 12.0. The molecular formula is C20H26N4O. The molecule has 1 aromatic carbocycles. The number of aryl methyl sites for hydroxylation is 2. The topological polar surface area (TPSA) is 42.7 Å². The molecule has 0 spiro atoms. The highest BCUT2D eigenvalue weighted by atomic mass is 16.5. The molecule has 132 valence electrons. The molecule has 0 saturated heterocycles. The van der Waals surface area contributed by atoms with Gasteiger partial charge in [0.2, 0.25) is 5.78 Å². The van der Waals surface area contributed by atoms with Crippen LogP contribution in [0, 0.1) is 13.8 Å². The molecule has 1 unspecified atom stereocenters. The van der Waals surface area contributed by atoms with E-state index in [9.17, 15) is 0 Å². The van der Waals surface area contributed by atoms with Crippen molar-refractivity contribution in [3.63, 3.8) is 0 Å². The van der Waals surface area contributed by atoms with Crippen LogP contribution in [0.1, 0.15) is 42.0 Å². The molecule has 0 fully saturated rings. The van der Waals surface area contributed by atoms with Gasteiger partial charge in [0, 0.05) is 24.0 Å². The second-order valence-electron chi connectivity index (χ2n) is 6.54. The van der Waals surface area contributed by atoms with Crippen LogP contribution in [-0.2, 0) is 6.54 Å². The molecule has 25 heavy (non-hydrogen) atoms. The minimum absolute atomic E-state index is 0.319. The molecule has 0 saturated carbocycles. The van der Waals surface area contributed by atoms with Crippen molar-refractivity contribution in [3.05, 3.63) is 59.2 Å². The van der Waals surface area contributed by atoms with Gasteiger partial charge in [0.25, 0.3) is 0 Å². The van der Waals surface area contributed by atoms with E-state index in [1.54, 1.807) is 7.11 Å². The monoisotopic (exact) mass is 338 g/mol. The lowest BCUT2D eigenvalue weighted by Gasteiger charge is -2.27. The van der Waals surface area contributed by atoms with Crippen LogP contribution in [0.5, 0.6) is 5.75 Å². The van der Waals surface area contributed by atoms with Crippen molar-refractivity contribution in [1.82, 2.24) is 19.3 Å². The molecule has 0 aliphatic heterocycles. The van der Waals surface area contributed by atoms with Gasteiger partial charge < -0.3 is 4.74 Å². The summed E-state index contributed by atoms with van der Waals surface area (Å²) in [7, 11) is 3.87. The molecule has 2 aromatic heterocycles. The van der Waals surface area contributed by atoms with Crippen molar-refractivity contribution >= 4 is 5.78 Å². The molecule has 0 amide bonds. The molecule has 0 N–H and O–H groups in total. The van der Waals surface area contributed by atoms with E-state index in [2.05, 4.69) is 64.4 Å². The first-order valence-corrected chi connectivity index (χ1v) is 8.68. The van der Waals surface area contributed by atoms with Crippen molar-refractivity contribution in [1.29, 1.82) is 0 Å². The smallest absolute Gasteiger partial charge is 0.234 e. The maximum Gasteiger partial charge on any atom is 0.234 e. The van der Waals surface area contributed by atoms with Gasteiger partial charge in [-0.05, 0) is 51.1 Å². The summed E-state index contributed by atoms with van der Waals surface area (Å²) in [5.41, 5.74) is 4.59. The Bertz CT molecular complexity index is 871. The van der Waals surface area contributed by atoms with Crippen molar-refractivity contribution in [2.24, 2.45) is 0 Å². The van der Waals surface area contributed by atoms with Gasteiger partial charge in [-0.1, -0.05) is 19.1 Å². The molecule has 3 aromatic rings. The minimum atomic E-state index is 0.319. The third-order valence-corrected chi connectivity index (χ3v) is 4.67. The molecular weight excluding hydrogens is 312 g/mol. The summed E-state index contributed by atoms with van der Waals surface area (Å²) in [6.45, 7) is 7.13. The van der Waals surface area contributed by atoms with Gasteiger partial charge in [0.15, 0.2) is 0 Å². The average Bonchev–Trinajstić information content (AvgIpc) is 2.98. The Hall–Kier alpha value is -2.40. The van der Waals surface area contributed by atoms with Gasteiger partial charge >= 0.3 is 0 Å². The fraction of sp³-hybridized carbons (Fsp3) is 0.400. The Morgan fingerprint density at radius 3 is 2.76 bits per heavy atom. The molecule has 1 atom stereocenters. The molecule has 0 bridgehead atoms. The molecule has 5 nitrogen and oxygen atoms in total. The summed E-state index contributed by atoms with van der Waals surface area (Å²) in [5, 5.41) is 0. The first kappa shape index (κ1) is 17.4. The van der Waals surface area contributed by atoms with Crippen molar-refractivity contribution in [2.45, 2.75) is 39.8 Å². The predicted octanol–water partition coefficient (Wildman–Crippen LogP) is 3.94. The fourth-order valence-corrected chi connectivity index (χ4v) is 3.52. The second kappa shape index (κ2) is 7.23. The van der Waals surface area contributed by atoms with Gasteiger partial charge in [0.1, 0.15) is 5.75 Å². The third kappa shape index (κ3) is 3.51. The Labute approximate surface area is 149 Å². The van der Waals surface area contributed by atoms with Crippen LogP contribution in [0.3, 0.4) is 0 Å². The maximum atomic E-state index is 5.38. The Balaban J connectivity index is 1.88. The number of benzene rings is 1. The molecule has 2 heterocycles. The largest absolute Gasteiger partial charge is 0.497 e. The zero-order chi connectivity index (χ0) is 18.0. The van der Waals surface area contributed by atoms with Crippen LogP contribution in [-0.4, -0.2) is 33.4 Å². The zero-order valence-electron chi connectivity index (χ0n) is 15.7. The number of nitrogens with zero attached hydrogens (tertiary/aromatic N) is 4. The lowest BCUT2D eigenvalue weighted by Crippen LogP contribution is -2.24.